The van der Waals surface area contributed by atoms with E-state index in [4.69, 9.17) is 5.21 Å². The van der Waals surface area contributed by atoms with Crippen LogP contribution in [0.2, 0.25) is 0 Å². The number of carbonyl (C=O) groups excluding carboxylic acids is 1. The van der Waals surface area contributed by atoms with Crippen LogP contribution in [0.3, 0.4) is 0 Å². The van der Waals surface area contributed by atoms with Crippen molar-refractivity contribution in [2.45, 2.75) is 17.9 Å². The zero-order chi connectivity index (χ0) is 21.7. The molecule has 1 aromatic heterocycles. The average Bonchev–Trinajstić information content (AvgIpc) is 2.76. The van der Waals surface area contributed by atoms with Gasteiger partial charge in [0.1, 0.15) is 4.90 Å². The molecule has 30 heavy (non-hydrogen) atoms. The van der Waals surface area contributed by atoms with Crippen LogP contribution in [0.5, 0.6) is 0 Å². The van der Waals surface area contributed by atoms with Crippen molar-refractivity contribution in [3.8, 4) is 0 Å². The first-order valence-electron chi connectivity index (χ1n) is 8.83. The predicted octanol–water partition coefficient (Wildman–Crippen LogP) is 2.23. The Bertz CT molecular complexity index is 1180. The minimum absolute atomic E-state index is 0.0214. The summed E-state index contributed by atoms with van der Waals surface area (Å²) in [5, 5.41) is 20.2. The molecular formula is C19H18N4O6S. The molecule has 0 unspecified atom stereocenters. The monoisotopic (exact) mass is 430 g/mol. The van der Waals surface area contributed by atoms with Crippen molar-refractivity contribution < 1.29 is 23.3 Å². The second-order valence-corrected chi connectivity index (χ2v) is 8.28. The number of para-hydroxylation sites is 1. The van der Waals surface area contributed by atoms with Crippen LogP contribution in [0.25, 0.3) is 10.9 Å². The van der Waals surface area contributed by atoms with Gasteiger partial charge in [0.05, 0.1) is 10.4 Å². The molecule has 0 fully saturated rings. The molecule has 11 heteroatoms. The first-order valence-corrected chi connectivity index (χ1v) is 10.3. The highest BCUT2D eigenvalue weighted by Crippen LogP contribution is 2.26. The van der Waals surface area contributed by atoms with Gasteiger partial charge in [-0.15, -0.1) is 0 Å². The van der Waals surface area contributed by atoms with E-state index in [-0.39, 0.29) is 30.1 Å². The molecule has 0 saturated carbocycles. The van der Waals surface area contributed by atoms with Gasteiger partial charge < -0.3 is 0 Å². The largest absolute Gasteiger partial charge is 0.289 e. The molecule has 0 aliphatic carbocycles. The number of aromatic nitrogens is 1. The molecule has 0 atom stereocenters. The number of non-ortho nitro benzene ring substituents is 1. The number of amides is 1. The highest BCUT2D eigenvalue weighted by Gasteiger charge is 2.27. The number of fused-ring (bicyclic) bond motifs is 1. The third kappa shape index (κ3) is 4.59. The number of nitro benzene ring substituents is 1. The SMILES string of the molecule is O=C(CCN(Cc1ccc([N+](=O)[O-])cc1)S(=O)(=O)c1cccc2cccnc12)NO. The Hall–Kier alpha value is -3.41. The summed E-state index contributed by atoms with van der Waals surface area (Å²) in [7, 11) is -4.08. The van der Waals surface area contributed by atoms with Crippen LogP contribution in [-0.2, 0) is 21.4 Å². The zero-order valence-corrected chi connectivity index (χ0v) is 16.4. The normalized spacial score (nSPS) is 11.5. The first kappa shape index (κ1) is 21.3. The molecule has 3 rings (SSSR count). The topological polar surface area (TPSA) is 143 Å². The highest BCUT2D eigenvalue weighted by molar-refractivity contribution is 7.89. The molecule has 0 aliphatic heterocycles. The predicted molar refractivity (Wildman–Crippen MR) is 107 cm³/mol. The van der Waals surface area contributed by atoms with E-state index >= 15 is 0 Å². The molecule has 0 aliphatic rings. The lowest BCUT2D eigenvalue weighted by Gasteiger charge is -2.22. The average molecular weight is 430 g/mol. The Morgan fingerprint density at radius 3 is 2.50 bits per heavy atom. The van der Waals surface area contributed by atoms with Gasteiger partial charge in [0.25, 0.3) is 5.69 Å². The summed E-state index contributed by atoms with van der Waals surface area (Å²) < 4.78 is 27.9. The van der Waals surface area contributed by atoms with Gasteiger partial charge in [0.15, 0.2) is 0 Å². The quantitative estimate of drug-likeness (QED) is 0.317. The summed E-state index contributed by atoms with van der Waals surface area (Å²) in [6.07, 6.45) is 1.21. The van der Waals surface area contributed by atoms with E-state index in [9.17, 15) is 23.3 Å². The van der Waals surface area contributed by atoms with Gasteiger partial charge in [-0.25, -0.2) is 13.9 Å². The van der Waals surface area contributed by atoms with Gasteiger partial charge in [-0.1, -0.05) is 30.3 Å². The Morgan fingerprint density at radius 1 is 1.13 bits per heavy atom. The van der Waals surface area contributed by atoms with Gasteiger partial charge in [-0.2, -0.15) is 4.31 Å². The Kier molecular flexibility index (Phi) is 6.35. The standard InChI is InChI=1S/C19H18N4O6S/c24-18(21-25)10-12-22(13-14-6-8-16(9-7-14)23(26)27)30(28,29)17-5-1-3-15-4-2-11-20-19(15)17/h1-9,11,25H,10,12-13H2,(H,21,24). The van der Waals surface area contributed by atoms with Crippen molar-refractivity contribution in [1.29, 1.82) is 0 Å². The fourth-order valence-electron chi connectivity index (χ4n) is 2.92. The summed E-state index contributed by atoms with van der Waals surface area (Å²) >= 11 is 0. The van der Waals surface area contributed by atoms with Crippen molar-refractivity contribution in [2.24, 2.45) is 0 Å². The molecular weight excluding hydrogens is 412 g/mol. The summed E-state index contributed by atoms with van der Waals surface area (Å²) in [4.78, 5) is 25.9. The minimum Gasteiger partial charge on any atom is -0.289 e. The Balaban J connectivity index is 1.99. The number of sulfonamides is 1. The molecule has 0 spiro atoms. The molecule has 1 amide bonds. The number of pyridine rings is 1. The van der Waals surface area contributed by atoms with Gasteiger partial charge in [0, 0.05) is 43.2 Å². The highest BCUT2D eigenvalue weighted by atomic mass is 32.2. The molecule has 0 saturated heterocycles. The van der Waals surface area contributed by atoms with Crippen LogP contribution in [0, 0.1) is 10.1 Å². The Morgan fingerprint density at radius 2 is 1.83 bits per heavy atom. The van der Waals surface area contributed by atoms with E-state index in [0.717, 1.165) is 4.31 Å². The summed E-state index contributed by atoms with van der Waals surface area (Å²) in [6, 6.07) is 13.7. The summed E-state index contributed by atoms with van der Waals surface area (Å²) in [5.74, 6) is -0.741. The maximum absolute atomic E-state index is 13.4. The van der Waals surface area contributed by atoms with E-state index in [2.05, 4.69) is 4.98 Å². The van der Waals surface area contributed by atoms with Gasteiger partial charge in [0.2, 0.25) is 15.9 Å². The van der Waals surface area contributed by atoms with E-state index in [1.54, 1.807) is 24.3 Å². The second kappa shape index (κ2) is 8.95. The maximum atomic E-state index is 13.4. The Labute approximate surface area is 171 Å². The molecule has 2 N–H and O–H groups in total. The molecule has 156 valence electrons. The first-order chi connectivity index (χ1) is 14.3. The number of nitro groups is 1. The van der Waals surface area contributed by atoms with Gasteiger partial charge in [-0.3, -0.25) is 25.1 Å². The number of hydrogen-bond donors (Lipinski definition) is 2. The number of carbonyl (C=O) groups is 1. The lowest BCUT2D eigenvalue weighted by atomic mass is 10.2. The summed E-state index contributed by atoms with van der Waals surface area (Å²) in [6.45, 7) is -0.336. The minimum atomic E-state index is -4.08. The molecule has 1 heterocycles. The molecule has 10 nitrogen and oxygen atoms in total. The van der Waals surface area contributed by atoms with E-state index in [1.165, 1.54) is 42.0 Å². The van der Waals surface area contributed by atoms with Crippen LogP contribution < -0.4 is 5.48 Å². The van der Waals surface area contributed by atoms with Crippen molar-refractivity contribution in [3.05, 3.63) is 76.5 Å². The number of nitrogens with zero attached hydrogens (tertiary/aromatic N) is 3. The summed E-state index contributed by atoms with van der Waals surface area (Å²) in [5.41, 5.74) is 2.15. The van der Waals surface area contributed by atoms with Gasteiger partial charge in [-0.05, 0) is 17.7 Å². The van der Waals surface area contributed by atoms with Crippen molar-refractivity contribution in [1.82, 2.24) is 14.8 Å². The molecule has 0 bridgehead atoms. The molecule has 2 aromatic carbocycles. The smallest absolute Gasteiger partial charge is 0.269 e. The third-order valence-electron chi connectivity index (χ3n) is 4.43. The number of nitrogens with one attached hydrogen (secondary N) is 1. The number of benzene rings is 2. The van der Waals surface area contributed by atoms with Crippen LogP contribution in [0.15, 0.2) is 65.7 Å². The van der Waals surface area contributed by atoms with Gasteiger partial charge >= 0.3 is 0 Å². The molecule has 0 radical (unpaired) electrons. The van der Waals surface area contributed by atoms with Crippen molar-refractivity contribution in [3.63, 3.8) is 0 Å². The zero-order valence-electron chi connectivity index (χ0n) is 15.6. The van der Waals surface area contributed by atoms with E-state index < -0.39 is 20.9 Å². The van der Waals surface area contributed by atoms with Crippen LogP contribution in [0.1, 0.15) is 12.0 Å². The van der Waals surface area contributed by atoms with Crippen LogP contribution in [-0.4, -0.2) is 40.3 Å². The second-order valence-electron chi connectivity index (χ2n) is 6.38. The van der Waals surface area contributed by atoms with Crippen LogP contribution in [0.4, 0.5) is 5.69 Å². The number of rotatable bonds is 8. The van der Waals surface area contributed by atoms with Crippen molar-refractivity contribution >= 4 is 32.5 Å². The molecule has 3 aromatic rings. The lowest BCUT2D eigenvalue weighted by Crippen LogP contribution is -2.34. The van der Waals surface area contributed by atoms with Crippen molar-refractivity contribution in [2.75, 3.05) is 6.54 Å². The lowest BCUT2D eigenvalue weighted by molar-refractivity contribution is -0.384. The maximum Gasteiger partial charge on any atom is 0.269 e. The fourth-order valence-corrected chi connectivity index (χ4v) is 4.51. The number of hydrogen-bond acceptors (Lipinski definition) is 7. The van der Waals surface area contributed by atoms with E-state index in [0.29, 0.717) is 16.5 Å². The van der Waals surface area contributed by atoms with Crippen LogP contribution >= 0.6 is 0 Å². The van der Waals surface area contributed by atoms with E-state index in [1.807, 2.05) is 0 Å². The fraction of sp³-hybridized carbons (Fsp3) is 0.158. The number of hydroxylamine groups is 1. The third-order valence-corrected chi connectivity index (χ3v) is 6.31.